The lowest BCUT2D eigenvalue weighted by Gasteiger charge is -2.24. The molecule has 0 bridgehead atoms. The van der Waals surface area contributed by atoms with Crippen molar-refractivity contribution in [3.63, 3.8) is 0 Å². The molecule has 12 heteroatoms. The van der Waals surface area contributed by atoms with Crippen molar-refractivity contribution in [2.45, 2.75) is 12.2 Å². The fraction of sp³-hybridized carbons (Fsp3) is 0.320. The number of rotatable bonds is 7. The largest absolute Gasteiger partial charge is 0.494 e. The molecule has 0 unspecified atom stereocenters. The van der Waals surface area contributed by atoms with E-state index in [4.69, 9.17) is 25.8 Å². The van der Waals surface area contributed by atoms with Crippen LogP contribution in [0.4, 0.5) is 26.0 Å². The summed E-state index contributed by atoms with van der Waals surface area (Å²) in [4.78, 5) is 23.1. The van der Waals surface area contributed by atoms with Crippen molar-refractivity contribution >= 4 is 45.6 Å². The first-order chi connectivity index (χ1) is 17.9. The zero-order valence-electron chi connectivity index (χ0n) is 19.8. The van der Waals surface area contributed by atoms with E-state index in [1.165, 1.54) is 37.7 Å². The van der Waals surface area contributed by atoms with Crippen LogP contribution in [0, 0.1) is 5.82 Å². The van der Waals surface area contributed by atoms with Gasteiger partial charge >= 0.3 is 0 Å². The Balaban J connectivity index is 1.33. The van der Waals surface area contributed by atoms with E-state index in [2.05, 4.69) is 20.6 Å². The van der Waals surface area contributed by atoms with Gasteiger partial charge < -0.3 is 24.8 Å². The Morgan fingerprint density at radius 2 is 1.97 bits per heavy atom. The Morgan fingerprint density at radius 1 is 1.22 bits per heavy atom. The van der Waals surface area contributed by atoms with Gasteiger partial charge in [0.15, 0.2) is 5.83 Å². The molecule has 2 N–H and O–H groups in total. The van der Waals surface area contributed by atoms with Gasteiger partial charge in [-0.05, 0) is 30.3 Å². The Bertz CT molecular complexity index is 1340. The number of aromatic nitrogens is 2. The Kier molecular flexibility index (Phi) is 7.47. The number of carbonyl (C=O) groups excluding carboxylic acids is 1. The number of nitrogens with one attached hydrogen (secondary N) is 2. The second-order valence-electron chi connectivity index (χ2n) is 8.59. The molecule has 37 heavy (non-hydrogen) atoms. The van der Waals surface area contributed by atoms with Crippen molar-refractivity contribution in [1.29, 1.82) is 0 Å². The van der Waals surface area contributed by atoms with E-state index in [0.29, 0.717) is 54.5 Å². The van der Waals surface area contributed by atoms with Gasteiger partial charge in [0.25, 0.3) is 5.91 Å². The van der Waals surface area contributed by atoms with Crippen molar-refractivity contribution in [1.82, 2.24) is 14.9 Å². The van der Waals surface area contributed by atoms with Gasteiger partial charge in [-0.25, -0.2) is 18.7 Å². The van der Waals surface area contributed by atoms with E-state index in [0.717, 1.165) is 0 Å². The van der Waals surface area contributed by atoms with Crippen LogP contribution in [0.25, 0.3) is 10.9 Å². The molecule has 3 heterocycles. The highest BCUT2D eigenvalue weighted by molar-refractivity contribution is 6.31. The van der Waals surface area contributed by atoms with Gasteiger partial charge in [-0.3, -0.25) is 9.69 Å². The molecular weight excluding hydrogens is 508 g/mol. The number of hydrogen-bond acceptors (Lipinski definition) is 8. The molecule has 9 nitrogen and oxygen atoms in total. The molecule has 2 atom stereocenters. The van der Waals surface area contributed by atoms with E-state index in [1.54, 1.807) is 12.1 Å². The third kappa shape index (κ3) is 5.64. The number of likely N-dealkylation sites (tertiary alicyclic amines) is 1. The van der Waals surface area contributed by atoms with Crippen LogP contribution in [0.15, 0.2) is 48.6 Å². The lowest BCUT2D eigenvalue weighted by molar-refractivity contribution is -0.116. The molecule has 3 aromatic rings. The normalized spacial score (nSPS) is 20.1. The minimum absolute atomic E-state index is 0.0307. The van der Waals surface area contributed by atoms with Gasteiger partial charge in [0.1, 0.15) is 23.7 Å². The third-order valence-corrected chi connectivity index (χ3v) is 6.46. The summed E-state index contributed by atoms with van der Waals surface area (Å²) in [6.07, 6.45) is 2.52. The summed E-state index contributed by atoms with van der Waals surface area (Å²) in [5, 5.41) is 6.09. The van der Waals surface area contributed by atoms with E-state index >= 15 is 0 Å². The van der Waals surface area contributed by atoms with E-state index in [9.17, 15) is 13.6 Å². The Morgan fingerprint density at radius 3 is 2.68 bits per heavy atom. The summed E-state index contributed by atoms with van der Waals surface area (Å²) in [5.41, 5.74) is 1.24. The number of amides is 1. The van der Waals surface area contributed by atoms with Crippen LogP contribution in [-0.2, 0) is 14.3 Å². The van der Waals surface area contributed by atoms with Crippen molar-refractivity contribution in [2.24, 2.45) is 0 Å². The lowest BCUT2D eigenvalue weighted by Crippen LogP contribution is -2.36. The van der Waals surface area contributed by atoms with Crippen LogP contribution in [0.3, 0.4) is 0 Å². The van der Waals surface area contributed by atoms with Crippen LogP contribution in [0.1, 0.15) is 0 Å². The number of hydrogen-bond donors (Lipinski definition) is 2. The maximum atomic E-state index is 14.7. The maximum absolute atomic E-state index is 14.7. The quantitative estimate of drug-likeness (QED) is 0.440. The SMILES string of the molecule is COc1cc2ncnc(Nc3ccc(F)c(Cl)c3)c2cc1NC(=O)/C(F)=C/CN1C[C@@H]2OCCO[C@@H]2C1. The number of halogens is 3. The highest BCUT2D eigenvalue weighted by atomic mass is 35.5. The summed E-state index contributed by atoms with van der Waals surface area (Å²) in [6, 6.07) is 7.34. The number of methoxy groups -OCH3 is 1. The van der Waals surface area contributed by atoms with Crippen LogP contribution in [0.2, 0.25) is 5.02 Å². The van der Waals surface area contributed by atoms with Gasteiger partial charge in [0.05, 0.1) is 48.8 Å². The number of fused-ring (bicyclic) bond motifs is 2. The second kappa shape index (κ2) is 10.9. The van der Waals surface area contributed by atoms with E-state index < -0.39 is 17.6 Å². The van der Waals surface area contributed by atoms with Gasteiger partial charge in [-0.2, -0.15) is 0 Å². The molecule has 0 saturated carbocycles. The third-order valence-electron chi connectivity index (χ3n) is 6.17. The fourth-order valence-corrected chi connectivity index (χ4v) is 4.51. The molecule has 0 spiro atoms. The summed E-state index contributed by atoms with van der Waals surface area (Å²) in [7, 11) is 1.43. The second-order valence-corrected chi connectivity index (χ2v) is 9.00. The molecule has 194 valence electrons. The average Bonchev–Trinajstić information content (AvgIpc) is 3.32. The summed E-state index contributed by atoms with van der Waals surface area (Å²) >= 11 is 5.88. The van der Waals surface area contributed by atoms with Gasteiger partial charge in [0.2, 0.25) is 0 Å². The first kappa shape index (κ1) is 25.3. The highest BCUT2D eigenvalue weighted by Crippen LogP contribution is 2.34. The lowest BCUT2D eigenvalue weighted by atomic mass is 10.1. The number of anilines is 3. The molecular formula is C25H24ClF2N5O4. The predicted octanol–water partition coefficient (Wildman–Crippen LogP) is 4.07. The van der Waals surface area contributed by atoms with Crippen molar-refractivity contribution < 1.29 is 27.8 Å². The number of benzene rings is 2. The molecule has 1 amide bonds. The van der Waals surface area contributed by atoms with E-state index in [1.807, 2.05) is 4.90 Å². The topological polar surface area (TPSA) is 97.8 Å². The van der Waals surface area contributed by atoms with Crippen LogP contribution < -0.4 is 15.4 Å². The van der Waals surface area contributed by atoms with Gasteiger partial charge in [0, 0.05) is 36.8 Å². The summed E-state index contributed by atoms with van der Waals surface area (Å²) < 4.78 is 45.0. The molecule has 0 radical (unpaired) electrons. The number of ether oxygens (including phenoxy) is 3. The molecule has 2 saturated heterocycles. The van der Waals surface area contributed by atoms with Crippen molar-refractivity contribution in [3.05, 3.63) is 59.4 Å². The van der Waals surface area contributed by atoms with E-state index in [-0.39, 0.29) is 29.5 Å². The fourth-order valence-electron chi connectivity index (χ4n) is 4.33. The number of nitrogens with zero attached hydrogens (tertiary/aromatic N) is 3. The Hall–Kier alpha value is -3.38. The van der Waals surface area contributed by atoms with Crippen LogP contribution in [-0.4, -0.2) is 72.9 Å². The summed E-state index contributed by atoms with van der Waals surface area (Å²) in [6.45, 7) is 2.58. The van der Waals surface area contributed by atoms with Crippen LogP contribution >= 0.6 is 11.6 Å². The molecule has 2 aromatic carbocycles. The zero-order valence-corrected chi connectivity index (χ0v) is 20.6. The average molecular weight is 532 g/mol. The predicted molar refractivity (Wildman–Crippen MR) is 135 cm³/mol. The van der Waals surface area contributed by atoms with Crippen molar-refractivity contribution in [3.8, 4) is 5.75 Å². The zero-order chi connectivity index (χ0) is 25.9. The minimum Gasteiger partial charge on any atom is -0.494 e. The van der Waals surface area contributed by atoms with Gasteiger partial charge in [-0.1, -0.05) is 11.6 Å². The smallest absolute Gasteiger partial charge is 0.284 e. The van der Waals surface area contributed by atoms with Gasteiger partial charge in [-0.15, -0.1) is 0 Å². The number of carbonyl (C=O) groups is 1. The molecule has 5 rings (SSSR count). The highest BCUT2D eigenvalue weighted by Gasteiger charge is 2.36. The minimum atomic E-state index is -0.928. The van der Waals surface area contributed by atoms with Crippen molar-refractivity contribution in [2.75, 3.05) is 50.6 Å². The monoisotopic (exact) mass is 531 g/mol. The summed E-state index contributed by atoms with van der Waals surface area (Å²) in [5.74, 6) is -1.72. The molecule has 2 aliphatic heterocycles. The standard InChI is InChI=1S/C25H24ClF2N5O4/c1-35-21-10-19-15(24(30-13-29-19)31-14-2-3-17(27)16(26)8-14)9-20(21)32-25(34)18(28)4-5-33-11-22-23(12-33)37-7-6-36-22/h2-4,8-10,13,22-23H,5-7,11-12H2,1H3,(H,32,34)(H,29,30,31)/b18-4-/t22-,23+. The first-order valence-electron chi connectivity index (χ1n) is 11.6. The molecule has 1 aromatic heterocycles. The van der Waals surface area contributed by atoms with Crippen LogP contribution in [0.5, 0.6) is 5.75 Å². The molecule has 2 aliphatic rings. The molecule has 2 fully saturated rings. The Labute approximate surface area is 216 Å². The molecule has 0 aliphatic carbocycles. The maximum Gasteiger partial charge on any atom is 0.284 e. The first-order valence-corrected chi connectivity index (χ1v) is 12.0.